The molecule has 1 saturated heterocycles. The molecule has 0 saturated carbocycles. The largest absolute Gasteiger partial charge is 0.481 e. The quantitative estimate of drug-likeness (QED) is 0.899. The van der Waals surface area contributed by atoms with Gasteiger partial charge >= 0.3 is 0 Å². The van der Waals surface area contributed by atoms with Gasteiger partial charge in [-0.15, -0.1) is 0 Å². The van der Waals surface area contributed by atoms with Crippen molar-refractivity contribution in [2.24, 2.45) is 0 Å². The summed E-state index contributed by atoms with van der Waals surface area (Å²) in [5.74, 6) is 1.26. The van der Waals surface area contributed by atoms with Crippen LogP contribution in [0.3, 0.4) is 0 Å². The number of nitrogens with one attached hydrogen (secondary N) is 1. The van der Waals surface area contributed by atoms with E-state index in [0.29, 0.717) is 11.4 Å². The number of hydrogen-bond acceptors (Lipinski definition) is 6. The van der Waals surface area contributed by atoms with Crippen LogP contribution in [0, 0.1) is 13.8 Å². The van der Waals surface area contributed by atoms with Crippen LogP contribution in [-0.4, -0.2) is 47.2 Å². The topological polar surface area (TPSA) is 80.5 Å². The van der Waals surface area contributed by atoms with E-state index < -0.39 is 0 Å². The van der Waals surface area contributed by atoms with Crippen LogP contribution in [-0.2, 0) is 6.54 Å². The summed E-state index contributed by atoms with van der Waals surface area (Å²) in [6, 6.07) is 3.55. The van der Waals surface area contributed by atoms with E-state index in [1.165, 1.54) is 6.20 Å². The lowest BCUT2D eigenvalue weighted by Gasteiger charge is -2.16. The monoisotopic (exact) mass is 330 g/mol. The molecule has 7 nitrogen and oxygen atoms in total. The van der Waals surface area contributed by atoms with Crippen LogP contribution in [0.5, 0.6) is 5.88 Å². The van der Waals surface area contributed by atoms with Gasteiger partial charge in [0.1, 0.15) is 5.76 Å². The number of pyridine rings is 1. The molecule has 2 aromatic heterocycles. The third-order valence-corrected chi connectivity index (χ3v) is 4.38. The predicted molar refractivity (Wildman–Crippen MR) is 87.9 cm³/mol. The Morgan fingerprint density at radius 2 is 2.29 bits per heavy atom. The fourth-order valence-corrected chi connectivity index (χ4v) is 2.95. The van der Waals surface area contributed by atoms with Crippen LogP contribution in [0.2, 0.25) is 0 Å². The number of methoxy groups -OCH3 is 1. The average molecular weight is 330 g/mol. The molecule has 1 amide bonds. The molecule has 1 aliphatic rings. The van der Waals surface area contributed by atoms with Crippen molar-refractivity contribution in [2.75, 3.05) is 20.2 Å². The van der Waals surface area contributed by atoms with Crippen LogP contribution in [0.1, 0.15) is 33.8 Å². The highest BCUT2D eigenvalue weighted by Gasteiger charge is 2.25. The standard InChI is InChI=1S/C17H22N4O3/c1-11-15(12(2)24-20-11)10-21-7-6-14(9-21)19-17(22)13-4-5-16(23-3)18-8-13/h4-5,8,14H,6-7,9-10H2,1-3H3,(H,19,22). The van der Waals surface area contributed by atoms with Gasteiger partial charge in [-0.3, -0.25) is 9.69 Å². The normalized spacial score (nSPS) is 17.9. The van der Waals surface area contributed by atoms with E-state index in [1.807, 2.05) is 13.8 Å². The summed E-state index contributed by atoms with van der Waals surface area (Å²) in [7, 11) is 1.55. The van der Waals surface area contributed by atoms with Crippen molar-refractivity contribution in [3.05, 3.63) is 40.9 Å². The molecule has 0 aromatic carbocycles. The number of aromatic nitrogens is 2. The van der Waals surface area contributed by atoms with E-state index in [-0.39, 0.29) is 11.9 Å². The van der Waals surface area contributed by atoms with Crippen LogP contribution in [0.25, 0.3) is 0 Å². The molecule has 128 valence electrons. The third-order valence-electron chi connectivity index (χ3n) is 4.38. The first-order valence-corrected chi connectivity index (χ1v) is 8.02. The maximum Gasteiger partial charge on any atom is 0.253 e. The zero-order valence-corrected chi connectivity index (χ0v) is 14.2. The van der Waals surface area contributed by atoms with Gasteiger partial charge in [0, 0.05) is 43.5 Å². The molecule has 0 aliphatic carbocycles. The number of carbonyl (C=O) groups excluding carboxylic acids is 1. The zero-order chi connectivity index (χ0) is 17.1. The van der Waals surface area contributed by atoms with Gasteiger partial charge in [0.05, 0.1) is 18.4 Å². The molecule has 0 spiro atoms. The number of nitrogens with zero attached hydrogens (tertiary/aromatic N) is 3. The summed E-state index contributed by atoms with van der Waals surface area (Å²) in [6.45, 7) is 6.45. The molecular formula is C17H22N4O3. The minimum absolute atomic E-state index is 0.102. The summed E-state index contributed by atoms with van der Waals surface area (Å²) < 4.78 is 10.2. The van der Waals surface area contributed by atoms with E-state index in [2.05, 4.69) is 20.4 Å². The molecule has 2 aromatic rings. The molecule has 1 atom stereocenters. The van der Waals surface area contributed by atoms with E-state index in [1.54, 1.807) is 19.2 Å². The first-order chi connectivity index (χ1) is 11.6. The lowest BCUT2D eigenvalue weighted by Crippen LogP contribution is -2.37. The van der Waals surface area contributed by atoms with Crippen LogP contribution in [0.4, 0.5) is 0 Å². The van der Waals surface area contributed by atoms with E-state index in [4.69, 9.17) is 9.26 Å². The highest BCUT2D eigenvalue weighted by molar-refractivity contribution is 5.94. The smallest absolute Gasteiger partial charge is 0.253 e. The molecular weight excluding hydrogens is 308 g/mol. The number of rotatable bonds is 5. The van der Waals surface area contributed by atoms with Crippen molar-refractivity contribution in [1.29, 1.82) is 0 Å². The molecule has 3 heterocycles. The Balaban J connectivity index is 1.54. The molecule has 0 bridgehead atoms. The maximum absolute atomic E-state index is 12.3. The number of aryl methyl sites for hydroxylation is 2. The molecule has 1 N–H and O–H groups in total. The van der Waals surface area contributed by atoms with Gasteiger partial charge in [-0.05, 0) is 26.3 Å². The average Bonchev–Trinajstić information content (AvgIpc) is 3.16. The minimum Gasteiger partial charge on any atom is -0.481 e. The molecule has 3 rings (SSSR count). The Bertz CT molecular complexity index is 692. The summed E-state index contributed by atoms with van der Waals surface area (Å²) >= 11 is 0. The summed E-state index contributed by atoms with van der Waals surface area (Å²) in [5, 5.41) is 7.06. The Labute approximate surface area is 141 Å². The summed E-state index contributed by atoms with van der Waals surface area (Å²) in [4.78, 5) is 18.7. The second-order valence-electron chi connectivity index (χ2n) is 6.09. The maximum atomic E-state index is 12.3. The van der Waals surface area contributed by atoms with E-state index in [0.717, 1.165) is 43.1 Å². The number of carbonyl (C=O) groups is 1. The number of amides is 1. The van der Waals surface area contributed by atoms with Gasteiger partial charge in [0.25, 0.3) is 5.91 Å². The number of ether oxygens (including phenoxy) is 1. The molecule has 1 aliphatic heterocycles. The summed E-state index contributed by atoms with van der Waals surface area (Å²) in [5.41, 5.74) is 2.62. The second kappa shape index (κ2) is 7.00. The third kappa shape index (κ3) is 3.56. The molecule has 24 heavy (non-hydrogen) atoms. The Morgan fingerprint density at radius 1 is 1.46 bits per heavy atom. The van der Waals surface area contributed by atoms with Crippen molar-refractivity contribution >= 4 is 5.91 Å². The second-order valence-corrected chi connectivity index (χ2v) is 6.09. The number of likely N-dealkylation sites (tertiary alicyclic amines) is 1. The molecule has 1 fully saturated rings. The summed E-state index contributed by atoms with van der Waals surface area (Å²) in [6.07, 6.45) is 2.46. The Hall–Kier alpha value is -2.41. The van der Waals surface area contributed by atoms with Gasteiger partial charge in [-0.2, -0.15) is 0 Å². The molecule has 1 unspecified atom stereocenters. The van der Waals surface area contributed by atoms with Crippen molar-refractivity contribution in [2.45, 2.75) is 32.9 Å². The van der Waals surface area contributed by atoms with Crippen molar-refractivity contribution < 1.29 is 14.1 Å². The fraction of sp³-hybridized carbons (Fsp3) is 0.471. The highest BCUT2D eigenvalue weighted by atomic mass is 16.5. The van der Waals surface area contributed by atoms with Crippen molar-refractivity contribution in [3.63, 3.8) is 0 Å². The van der Waals surface area contributed by atoms with Gasteiger partial charge in [0.2, 0.25) is 5.88 Å². The fourth-order valence-electron chi connectivity index (χ4n) is 2.95. The lowest BCUT2D eigenvalue weighted by molar-refractivity contribution is 0.0937. The van der Waals surface area contributed by atoms with Crippen LogP contribution in [0.15, 0.2) is 22.9 Å². The molecule has 0 radical (unpaired) electrons. The van der Waals surface area contributed by atoms with Gasteiger partial charge in [-0.1, -0.05) is 5.16 Å². The van der Waals surface area contributed by atoms with Crippen molar-refractivity contribution in [1.82, 2.24) is 20.4 Å². The zero-order valence-electron chi connectivity index (χ0n) is 14.2. The SMILES string of the molecule is COc1ccc(C(=O)NC2CCN(Cc3c(C)noc3C)C2)cn1. The van der Waals surface area contributed by atoms with Gasteiger partial charge in [-0.25, -0.2) is 4.98 Å². The van der Waals surface area contributed by atoms with Gasteiger partial charge in [0.15, 0.2) is 0 Å². The Morgan fingerprint density at radius 3 is 2.92 bits per heavy atom. The first kappa shape index (κ1) is 16.4. The highest BCUT2D eigenvalue weighted by Crippen LogP contribution is 2.19. The molecule has 7 heteroatoms. The van der Waals surface area contributed by atoms with E-state index in [9.17, 15) is 4.79 Å². The first-order valence-electron chi connectivity index (χ1n) is 8.02. The van der Waals surface area contributed by atoms with Gasteiger partial charge < -0.3 is 14.6 Å². The van der Waals surface area contributed by atoms with Crippen LogP contribution < -0.4 is 10.1 Å². The number of hydrogen-bond donors (Lipinski definition) is 1. The van der Waals surface area contributed by atoms with Crippen molar-refractivity contribution in [3.8, 4) is 5.88 Å². The van der Waals surface area contributed by atoms with Crippen LogP contribution >= 0.6 is 0 Å². The predicted octanol–water partition coefficient (Wildman–Crippen LogP) is 1.70. The minimum atomic E-state index is -0.102. The van der Waals surface area contributed by atoms with E-state index >= 15 is 0 Å². The lowest BCUT2D eigenvalue weighted by atomic mass is 10.2. The Kier molecular flexibility index (Phi) is 4.80.